The third-order valence-electron chi connectivity index (χ3n) is 5.08. The predicted octanol–water partition coefficient (Wildman–Crippen LogP) is 6.43. The summed E-state index contributed by atoms with van der Waals surface area (Å²) in [5.41, 5.74) is 1.37. The minimum atomic E-state index is -0.526. The molecule has 5 nitrogen and oxygen atoms in total. The van der Waals surface area contributed by atoms with Crippen LogP contribution < -0.4 is 10.1 Å². The Morgan fingerprint density at radius 3 is 2.67 bits per heavy atom. The summed E-state index contributed by atoms with van der Waals surface area (Å²) in [5.74, 6) is 0.0220. The van der Waals surface area contributed by atoms with Gasteiger partial charge < -0.3 is 15.0 Å². The number of unbranched alkanes of at least 4 members (excludes halogenated alkanes) is 1. The van der Waals surface area contributed by atoms with Crippen molar-refractivity contribution in [1.29, 1.82) is 0 Å². The zero-order chi connectivity index (χ0) is 21.7. The molecule has 1 N–H and O–H groups in total. The molecule has 1 aromatic heterocycles. The van der Waals surface area contributed by atoms with Gasteiger partial charge in [-0.25, -0.2) is 14.2 Å². The molecule has 3 aromatic rings. The van der Waals surface area contributed by atoms with Crippen molar-refractivity contribution in [2.75, 3.05) is 19.0 Å². The van der Waals surface area contributed by atoms with Gasteiger partial charge in [0.05, 0.1) is 18.2 Å². The molecule has 30 heavy (non-hydrogen) atoms. The Balaban J connectivity index is 1.94. The number of hydrogen-bond acceptors (Lipinski definition) is 3. The quantitative estimate of drug-likeness (QED) is 0.470. The molecule has 1 heterocycles. The number of hydrogen-bond donors (Lipinski definition) is 1. The van der Waals surface area contributed by atoms with Gasteiger partial charge in [0, 0.05) is 29.4 Å². The van der Waals surface area contributed by atoms with E-state index >= 15 is 0 Å². The zero-order valence-electron chi connectivity index (χ0n) is 17.3. The molecular formula is C23H25ClFN3O2. The summed E-state index contributed by atoms with van der Waals surface area (Å²) < 4.78 is 18.8. The average molecular weight is 430 g/mol. The van der Waals surface area contributed by atoms with Gasteiger partial charge in [0.25, 0.3) is 0 Å². The van der Waals surface area contributed by atoms with Crippen LogP contribution in [-0.4, -0.2) is 29.6 Å². The lowest BCUT2D eigenvalue weighted by molar-refractivity contribution is 0.192. The Bertz CT molecular complexity index is 1040. The fourth-order valence-corrected chi connectivity index (χ4v) is 3.60. The minimum absolute atomic E-state index is 0.0358. The second-order valence-corrected chi connectivity index (χ2v) is 7.46. The number of halogens is 2. The highest BCUT2D eigenvalue weighted by molar-refractivity contribution is 6.31. The van der Waals surface area contributed by atoms with E-state index in [1.165, 1.54) is 18.2 Å². The standard InChI is InChI=1S/C23H25ClFN3O2/c1-4-5-12-28(23(29)27-16-10-11-21(25)20(24)13-16)15(2)19-14-26-22(30-3)18-9-7-6-8-17(18)19/h6-11,13-15H,4-5,12H2,1-3H3,(H,27,29). The number of pyridine rings is 1. The van der Waals surface area contributed by atoms with Crippen molar-refractivity contribution in [3.8, 4) is 5.88 Å². The maximum atomic E-state index is 13.4. The highest BCUT2D eigenvalue weighted by Crippen LogP contribution is 2.32. The van der Waals surface area contributed by atoms with Crippen LogP contribution in [-0.2, 0) is 0 Å². The number of ether oxygens (including phenoxy) is 1. The highest BCUT2D eigenvalue weighted by Gasteiger charge is 2.24. The van der Waals surface area contributed by atoms with E-state index in [-0.39, 0.29) is 17.1 Å². The molecule has 1 atom stereocenters. The molecule has 0 spiro atoms. The summed E-state index contributed by atoms with van der Waals surface area (Å²) in [6.07, 6.45) is 3.55. The number of urea groups is 1. The van der Waals surface area contributed by atoms with Gasteiger partial charge in [-0.3, -0.25) is 0 Å². The number of nitrogens with zero attached hydrogens (tertiary/aromatic N) is 2. The van der Waals surface area contributed by atoms with Crippen molar-refractivity contribution in [2.45, 2.75) is 32.7 Å². The molecule has 1 unspecified atom stereocenters. The Morgan fingerprint density at radius 1 is 1.27 bits per heavy atom. The maximum Gasteiger partial charge on any atom is 0.322 e. The summed E-state index contributed by atoms with van der Waals surface area (Å²) >= 11 is 5.85. The molecule has 0 saturated carbocycles. The number of benzene rings is 2. The molecule has 2 amide bonds. The van der Waals surface area contributed by atoms with E-state index in [1.807, 2.05) is 31.2 Å². The van der Waals surface area contributed by atoms with Crippen molar-refractivity contribution in [1.82, 2.24) is 9.88 Å². The summed E-state index contributed by atoms with van der Waals surface area (Å²) in [5, 5.41) is 4.67. The Kier molecular flexibility index (Phi) is 7.11. The third kappa shape index (κ3) is 4.65. The predicted molar refractivity (Wildman–Crippen MR) is 119 cm³/mol. The summed E-state index contributed by atoms with van der Waals surface area (Å²) in [4.78, 5) is 19.3. The largest absolute Gasteiger partial charge is 0.481 e. The molecule has 0 bridgehead atoms. The number of carbonyl (C=O) groups is 1. The first-order valence-corrected chi connectivity index (χ1v) is 10.3. The van der Waals surface area contributed by atoms with Crippen molar-refractivity contribution >= 4 is 34.1 Å². The van der Waals surface area contributed by atoms with E-state index < -0.39 is 5.82 Å². The number of amides is 2. The first-order chi connectivity index (χ1) is 14.5. The lowest BCUT2D eigenvalue weighted by Crippen LogP contribution is -2.38. The van der Waals surface area contributed by atoms with Crippen molar-refractivity contribution < 1.29 is 13.9 Å². The molecule has 158 valence electrons. The third-order valence-corrected chi connectivity index (χ3v) is 5.37. The van der Waals surface area contributed by atoms with Crippen molar-refractivity contribution in [2.24, 2.45) is 0 Å². The normalized spacial score (nSPS) is 11.9. The molecule has 0 saturated heterocycles. The van der Waals surface area contributed by atoms with E-state index in [9.17, 15) is 9.18 Å². The van der Waals surface area contributed by atoms with E-state index in [0.717, 1.165) is 29.2 Å². The monoisotopic (exact) mass is 429 g/mol. The van der Waals surface area contributed by atoms with Crippen LogP contribution in [0.1, 0.15) is 38.3 Å². The van der Waals surface area contributed by atoms with Gasteiger partial charge in [-0.1, -0.05) is 43.1 Å². The second kappa shape index (κ2) is 9.76. The van der Waals surface area contributed by atoms with Gasteiger partial charge in [0.15, 0.2) is 0 Å². The van der Waals surface area contributed by atoms with E-state index in [2.05, 4.69) is 17.2 Å². The van der Waals surface area contributed by atoms with Gasteiger partial charge >= 0.3 is 6.03 Å². The van der Waals surface area contributed by atoms with Gasteiger partial charge in [-0.05, 0) is 43.0 Å². The number of anilines is 1. The highest BCUT2D eigenvalue weighted by atomic mass is 35.5. The van der Waals surface area contributed by atoms with Crippen LogP contribution in [0.15, 0.2) is 48.7 Å². The number of methoxy groups -OCH3 is 1. The fourth-order valence-electron chi connectivity index (χ4n) is 3.42. The van der Waals surface area contributed by atoms with Crippen LogP contribution in [0.3, 0.4) is 0 Å². The molecule has 0 aliphatic heterocycles. The average Bonchev–Trinajstić information content (AvgIpc) is 2.75. The SMILES string of the molecule is CCCCN(C(=O)Nc1ccc(F)c(Cl)c1)C(C)c1cnc(OC)c2ccccc12. The molecule has 0 aliphatic rings. The Morgan fingerprint density at radius 2 is 2.00 bits per heavy atom. The van der Waals surface area contributed by atoms with Crippen LogP contribution in [0.4, 0.5) is 14.9 Å². The zero-order valence-corrected chi connectivity index (χ0v) is 18.0. The lowest BCUT2D eigenvalue weighted by atomic mass is 10.0. The van der Waals surface area contributed by atoms with E-state index in [0.29, 0.717) is 18.1 Å². The summed E-state index contributed by atoms with van der Waals surface area (Å²) in [6, 6.07) is 11.5. The van der Waals surface area contributed by atoms with Gasteiger partial charge in [-0.15, -0.1) is 0 Å². The fraction of sp³-hybridized carbons (Fsp3) is 0.304. The summed E-state index contributed by atoms with van der Waals surface area (Å²) in [6.45, 7) is 4.62. The molecular weight excluding hydrogens is 405 g/mol. The molecule has 2 aromatic carbocycles. The molecule has 7 heteroatoms. The molecule has 3 rings (SSSR count). The van der Waals surface area contributed by atoms with Crippen molar-refractivity contribution in [3.63, 3.8) is 0 Å². The maximum absolute atomic E-state index is 13.4. The minimum Gasteiger partial charge on any atom is -0.481 e. The number of fused-ring (bicyclic) bond motifs is 1. The topological polar surface area (TPSA) is 54.5 Å². The van der Waals surface area contributed by atoms with E-state index in [1.54, 1.807) is 18.2 Å². The number of carbonyl (C=O) groups excluding carboxylic acids is 1. The van der Waals surface area contributed by atoms with Crippen LogP contribution in [0.25, 0.3) is 10.8 Å². The van der Waals surface area contributed by atoms with Crippen LogP contribution >= 0.6 is 11.6 Å². The number of nitrogens with one attached hydrogen (secondary N) is 1. The second-order valence-electron chi connectivity index (χ2n) is 7.05. The smallest absolute Gasteiger partial charge is 0.322 e. The van der Waals surface area contributed by atoms with Gasteiger partial charge in [0.2, 0.25) is 5.88 Å². The van der Waals surface area contributed by atoms with Crippen LogP contribution in [0, 0.1) is 5.82 Å². The van der Waals surface area contributed by atoms with Crippen LogP contribution in [0.5, 0.6) is 5.88 Å². The van der Waals surface area contributed by atoms with Gasteiger partial charge in [0.1, 0.15) is 5.82 Å². The lowest BCUT2D eigenvalue weighted by Gasteiger charge is -2.30. The Labute approximate surface area is 180 Å². The first kappa shape index (κ1) is 21.8. The number of rotatable bonds is 7. The van der Waals surface area contributed by atoms with E-state index in [4.69, 9.17) is 16.3 Å². The summed E-state index contributed by atoms with van der Waals surface area (Å²) in [7, 11) is 1.59. The van der Waals surface area contributed by atoms with Crippen LogP contribution in [0.2, 0.25) is 5.02 Å². The Hall–Kier alpha value is -2.86. The number of aromatic nitrogens is 1. The molecule has 0 radical (unpaired) electrons. The first-order valence-electron chi connectivity index (χ1n) is 9.90. The van der Waals surface area contributed by atoms with Crippen molar-refractivity contribution in [3.05, 3.63) is 65.1 Å². The van der Waals surface area contributed by atoms with Gasteiger partial charge in [-0.2, -0.15) is 0 Å². The molecule has 0 aliphatic carbocycles. The molecule has 0 fully saturated rings.